The normalized spacial score (nSPS) is 10.8. The minimum absolute atomic E-state index is 0.731. The number of nitrogens with one attached hydrogen (secondary N) is 1. The van der Waals surface area contributed by atoms with Crippen molar-refractivity contribution in [2.45, 2.75) is 20.0 Å². The van der Waals surface area contributed by atoms with Crippen LogP contribution in [0.5, 0.6) is 0 Å². The average Bonchev–Trinajstić information content (AvgIpc) is 3.14. The van der Waals surface area contributed by atoms with Crippen molar-refractivity contribution in [2.24, 2.45) is 7.05 Å². The Kier molecular flexibility index (Phi) is 3.68. The summed E-state index contributed by atoms with van der Waals surface area (Å²) in [5.41, 5.74) is 3.24. The molecular weight excluding hydrogens is 264 g/mol. The molecule has 1 aromatic carbocycles. The molecule has 0 radical (unpaired) electrons. The summed E-state index contributed by atoms with van der Waals surface area (Å²) in [4.78, 5) is 0. The summed E-state index contributed by atoms with van der Waals surface area (Å²) in [5.74, 6) is 0.849. The van der Waals surface area contributed by atoms with Gasteiger partial charge in [-0.3, -0.25) is 4.68 Å². The van der Waals surface area contributed by atoms with E-state index in [1.54, 1.807) is 6.33 Å². The van der Waals surface area contributed by atoms with Crippen LogP contribution in [0.2, 0.25) is 0 Å². The maximum Gasteiger partial charge on any atom is 0.165 e. The average molecular weight is 282 g/mol. The molecule has 0 atom stereocenters. The molecule has 0 aliphatic carbocycles. The third-order valence-corrected chi connectivity index (χ3v) is 3.37. The number of para-hydroxylation sites is 1. The molecule has 0 bridgehead atoms. The Morgan fingerprint density at radius 2 is 2.10 bits per heavy atom. The lowest BCUT2D eigenvalue weighted by Gasteiger charge is -2.10. The maximum absolute atomic E-state index is 4.28. The fourth-order valence-electron chi connectivity index (χ4n) is 2.23. The first-order valence-electron chi connectivity index (χ1n) is 6.96. The van der Waals surface area contributed by atoms with E-state index in [-0.39, 0.29) is 0 Å². The highest BCUT2D eigenvalue weighted by atomic mass is 15.3. The zero-order valence-electron chi connectivity index (χ0n) is 12.2. The van der Waals surface area contributed by atoms with Gasteiger partial charge in [-0.25, -0.2) is 0 Å². The topological polar surface area (TPSA) is 60.6 Å². The molecule has 0 saturated carbocycles. The van der Waals surface area contributed by atoms with E-state index in [9.17, 15) is 0 Å². The molecule has 0 aliphatic rings. The second-order valence-corrected chi connectivity index (χ2v) is 4.87. The van der Waals surface area contributed by atoms with Gasteiger partial charge in [-0.2, -0.15) is 5.10 Å². The van der Waals surface area contributed by atoms with E-state index in [4.69, 9.17) is 0 Å². The predicted molar refractivity (Wildman–Crippen MR) is 81.7 cm³/mol. The summed E-state index contributed by atoms with van der Waals surface area (Å²) < 4.78 is 3.83. The number of hydrogen-bond acceptors (Lipinski definition) is 4. The monoisotopic (exact) mass is 282 g/mol. The van der Waals surface area contributed by atoms with E-state index in [0.717, 1.165) is 35.7 Å². The maximum atomic E-state index is 4.28. The Bertz CT molecular complexity index is 727. The number of rotatable bonds is 5. The van der Waals surface area contributed by atoms with Gasteiger partial charge in [0.1, 0.15) is 6.33 Å². The van der Waals surface area contributed by atoms with Crippen LogP contribution >= 0.6 is 0 Å². The van der Waals surface area contributed by atoms with Crippen LogP contribution in [0.1, 0.15) is 12.5 Å². The molecule has 108 valence electrons. The van der Waals surface area contributed by atoms with Gasteiger partial charge in [0.15, 0.2) is 5.82 Å². The molecule has 0 aliphatic heterocycles. The summed E-state index contributed by atoms with van der Waals surface area (Å²) in [7, 11) is 1.94. The van der Waals surface area contributed by atoms with Crippen molar-refractivity contribution in [3.8, 4) is 11.4 Å². The zero-order chi connectivity index (χ0) is 14.7. The predicted octanol–water partition coefficient (Wildman–Crippen LogP) is 2.31. The van der Waals surface area contributed by atoms with Gasteiger partial charge in [0, 0.05) is 43.1 Å². The van der Waals surface area contributed by atoms with E-state index >= 15 is 0 Å². The standard InChI is InChI=1S/C15H18N6/c1-3-21-10-12(9-18-21)8-16-14-7-5-4-6-13(14)15-19-17-11-20(15)2/h4-7,9-11,16H,3,8H2,1-2H3. The lowest BCUT2D eigenvalue weighted by molar-refractivity contribution is 0.659. The van der Waals surface area contributed by atoms with Crippen LogP contribution in [0.3, 0.4) is 0 Å². The SMILES string of the molecule is CCn1cc(CNc2ccccc2-c2nncn2C)cn1. The van der Waals surface area contributed by atoms with E-state index in [2.05, 4.69) is 33.7 Å². The fraction of sp³-hybridized carbons (Fsp3) is 0.267. The first-order chi connectivity index (χ1) is 10.3. The molecule has 3 aromatic rings. The third-order valence-electron chi connectivity index (χ3n) is 3.37. The molecule has 0 fully saturated rings. The molecule has 21 heavy (non-hydrogen) atoms. The quantitative estimate of drug-likeness (QED) is 0.780. The van der Waals surface area contributed by atoms with Gasteiger partial charge in [0.2, 0.25) is 0 Å². The van der Waals surface area contributed by atoms with Crippen molar-refractivity contribution in [1.29, 1.82) is 0 Å². The molecule has 3 rings (SSSR count). The summed E-state index contributed by atoms with van der Waals surface area (Å²) in [6.45, 7) is 3.69. The summed E-state index contributed by atoms with van der Waals surface area (Å²) in [5, 5.41) is 15.9. The van der Waals surface area contributed by atoms with Crippen molar-refractivity contribution in [3.63, 3.8) is 0 Å². The molecule has 0 spiro atoms. The van der Waals surface area contributed by atoms with Crippen LogP contribution < -0.4 is 5.32 Å². The molecule has 0 saturated heterocycles. The number of benzene rings is 1. The van der Waals surface area contributed by atoms with E-state index in [1.165, 1.54) is 0 Å². The largest absolute Gasteiger partial charge is 0.380 e. The number of aryl methyl sites for hydroxylation is 2. The van der Waals surface area contributed by atoms with E-state index < -0.39 is 0 Å². The van der Waals surface area contributed by atoms with E-state index in [1.807, 2.05) is 46.8 Å². The van der Waals surface area contributed by atoms with Crippen LogP contribution in [-0.4, -0.2) is 24.5 Å². The molecule has 2 aromatic heterocycles. The number of anilines is 1. The molecule has 6 heteroatoms. The van der Waals surface area contributed by atoms with Crippen molar-refractivity contribution >= 4 is 5.69 Å². The van der Waals surface area contributed by atoms with Gasteiger partial charge < -0.3 is 9.88 Å². The molecule has 2 heterocycles. The highest BCUT2D eigenvalue weighted by Gasteiger charge is 2.09. The van der Waals surface area contributed by atoms with Gasteiger partial charge in [-0.15, -0.1) is 10.2 Å². The molecule has 0 amide bonds. The Morgan fingerprint density at radius 1 is 1.24 bits per heavy atom. The van der Waals surface area contributed by atoms with Crippen LogP contribution in [-0.2, 0) is 20.1 Å². The Labute approximate surface area is 123 Å². The molecule has 1 N–H and O–H groups in total. The van der Waals surface area contributed by atoms with Gasteiger partial charge in [0.05, 0.1) is 6.20 Å². The van der Waals surface area contributed by atoms with Crippen LogP contribution in [0, 0.1) is 0 Å². The third kappa shape index (κ3) is 2.79. The molecule has 0 unspecified atom stereocenters. The summed E-state index contributed by atoms with van der Waals surface area (Å²) in [6.07, 6.45) is 5.65. The number of hydrogen-bond donors (Lipinski definition) is 1. The smallest absolute Gasteiger partial charge is 0.165 e. The first kappa shape index (κ1) is 13.4. The lowest BCUT2D eigenvalue weighted by Crippen LogP contribution is -2.02. The minimum atomic E-state index is 0.731. The highest BCUT2D eigenvalue weighted by Crippen LogP contribution is 2.25. The fourth-order valence-corrected chi connectivity index (χ4v) is 2.23. The Morgan fingerprint density at radius 3 is 2.81 bits per heavy atom. The van der Waals surface area contributed by atoms with E-state index in [0.29, 0.717) is 0 Å². The van der Waals surface area contributed by atoms with Gasteiger partial charge >= 0.3 is 0 Å². The van der Waals surface area contributed by atoms with Gasteiger partial charge in [0.25, 0.3) is 0 Å². The number of aromatic nitrogens is 5. The summed E-state index contributed by atoms with van der Waals surface area (Å²) in [6, 6.07) is 8.11. The van der Waals surface area contributed by atoms with Crippen LogP contribution in [0.4, 0.5) is 5.69 Å². The second-order valence-electron chi connectivity index (χ2n) is 4.87. The second kappa shape index (κ2) is 5.78. The van der Waals surface area contributed by atoms with Crippen molar-refractivity contribution in [2.75, 3.05) is 5.32 Å². The van der Waals surface area contributed by atoms with Crippen molar-refractivity contribution in [3.05, 3.63) is 48.5 Å². The van der Waals surface area contributed by atoms with Gasteiger partial charge in [-0.05, 0) is 19.1 Å². The van der Waals surface area contributed by atoms with Crippen molar-refractivity contribution < 1.29 is 0 Å². The zero-order valence-corrected chi connectivity index (χ0v) is 12.2. The molecule has 6 nitrogen and oxygen atoms in total. The van der Waals surface area contributed by atoms with Crippen LogP contribution in [0.25, 0.3) is 11.4 Å². The van der Waals surface area contributed by atoms with Crippen molar-refractivity contribution in [1.82, 2.24) is 24.5 Å². The Balaban J connectivity index is 1.81. The lowest BCUT2D eigenvalue weighted by atomic mass is 10.1. The minimum Gasteiger partial charge on any atom is -0.380 e. The molecular formula is C15H18N6. The summed E-state index contributed by atoms with van der Waals surface area (Å²) >= 11 is 0. The number of nitrogens with zero attached hydrogens (tertiary/aromatic N) is 5. The van der Waals surface area contributed by atoms with Gasteiger partial charge in [-0.1, -0.05) is 12.1 Å². The first-order valence-corrected chi connectivity index (χ1v) is 6.96. The van der Waals surface area contributed by atoms with Crippen LogP contribution in [0.15, 0.2) is 43.0 Å². The highest BCUT2D eigenvalue weighted by molar-refractivity contribution is 5.73. The Hall–Kier alpha value is -2.63.